The standard InChI is InChI=1S/C22H22N4O3/c1-15-12-17(16(2)26(15)19-9-5-4-6-10-19)14-23-25-22(28)21(27)24-18-8-7-11-20(13-18)29-3/h4-14H,1-3H3,(H,24,27)(H,25,28). The summed E-state index contributed by atoms with van der Waals surface area (Å²) in [7, 11) is 1.52. The van der Waals surface area contributed by atoms with Crippen LogP contribution in [0.5, 0.6) is 5.75 Å². The van der Waals surface area contributed by atoms with E-state index in [4.69, 9.17) is 4.74 Å². The monoisotopic (exact) mass is 390 g/mol. The lowest BCUT2D eigenvalue weighted by molar-refractivity contribution is -0.136. The number of amides is 2. The van der Waals surface area contributed by atoms with Crippen molar-refractivity contribution in [1.82, 2.24) is 9.99 Å². The van der Waals surface area contributed by atoms with Gasteiger partial charge in [0.1, 0.15) is 5.75 Å². The minimum Gasteiger partial charge on any atom is -0.497 e. The van der Waals surface area contributed by atoms with Gasteiger partial charge in [0, 0.05) is 34.4 Å². The maximum Gasteiger partial charge on any atom is 0.329 e. The van der Waals surface area contributed by atoms with E-state index in [1.54, 1.807) is 24.3 Å². The van der Waals surface area contributed by atoms with Gasteiger partial charge in [-0.1, -0.05) is 24.3 Å². The second-order valence-electron chi connectivity index (χ2n) is 6.38. The topological polar surface area (TPSA) is 84.7 Å². The fourth-order valence-corrected chi connectivity index (χ4v) is 2.99. The minimum atomic E-state index is -0.860. The van der Waals surface area contributed by atoms with Crippen molar-refractivity contribution in [3.05, 3.63) is 77.6 Å². The number of hydrogen-bond donors (Lipinski definition) is 2. The predicted molar refractivity (Wildman–Crippen MR) is 113 cm³/mol. The van der Waals surface area contributed by atoms with Gasteiger partial charge in [0.15, 0.2) is 0 Å². The zero-order valence-corrected chi connectivity index (χ0v) is 16.5. The number of aromatic nitrogens is 1. The molecule has 2 N–H and O–H groups in total. The highest BCUT2D eigenvalue weighted by molar-refractivity contribution is 6.39. The van der Waals surface area contributed by atoms with Crippen molar-refractivity contribution in [3.8, 4) is 11.4 Å². The van der Waals surface area contributed by atoms with Crippen molar-refractivity contribution in [2.24, 2.45) is 5.10 Å². The second kappa shape index (κ2) is 8.88. The molecule has 3 rings (SSSR count). The summed E-state index contributed by atoms with van der Waals surface area (Å²) in [5.41, 5.74) is 6.62. The van der Waals surface area contributed by atoms with Gasteiger partial charge >= 0.3 is 11.8 Å². The maximum absolute atomic E-state index is 12.0. The molecule has 0 radical (unpaired) electrons. The third kappa shape index (κ3) is 4.70. The maximum atomic E-state index is 12.0. The number of carbonyl (C=O) groups is 2. The van der Waals surface area contributed by atoms with Gasteiger partial charge in [0.05, 0.1) is 13.3 Å². The first kappa shape index (κ1) is 19.9. The van der Waals surface area contributed by atoms with Crippen LogP contribution in [0.3, 0.4) is 0 Å². The first-order chi connectivity index (χ1) is 14.0. The molecular weight excluding hydrogens is 368 g/mol. The number of hydrazone groups is 1. The third-order valence-corrected chi connectivity index (χ3v) is 4.39. The molecule has 3 aromatic rings. The Morgan fingerprint density at radius 1 is 1.00 bits per heavy atom. The molecule has 0 fully saturated rings. The fraction of sp³-hybridized carbons (Fsp3) is 0.136. The quantitative estimate of drug-likeness (QED) is 0.399. The molecule has 0 saturated heterocycles. The smallest absolute Gasteiger partial charge is 0.329 e. The summed E-state index contributed by atoms with van der Waals surface area (Å²) >= 11 is 0. The molecule has 29 heavy (non-hydrogen) atoms. The Morgan fingerprint density at radius 3 is 2.48 bits per heavy atom. The lowest BCUT2D eigenvalue weighted by atomic mass is 10.2. The Kier molecular flexibility index (Phi) is 6.09. The van der Waals surface area contributed by atoms with Crippen molar-refractivity contribution in [3.63, 3.8) is 0 Å². The summed E-state index contributed by atoms with van der Waals surface area (Å²) in [6.07, 6.45) is 1.53. The highest BCUT2D eigenvalue weighted by atomic mass is 16.5. The molecule has 148 valence electrons. The zero-order chi connectivity index (χ0) is 20.8. The summed E-state index contributed by atoms with van der Waals surface area (Å²) in [4.78, 5) is 24.0. The van der Waals surface area contributed by atoms with Gasteiger partial charge in [-0.05, 0) is 44.2 Å². The summed E-state index contributed by atoms with van der Waals surface area (Å²) in [6.45, 7) is 3.97. The third-order valence-electron chi connectivity index (χ3n) is 4.39. The Bertz CT molecular complexity index is 1060. The largest absolute Gasteiger partial charge is 0.497 e. The van der Waals surface area contributed by atoms with E-state index in [9.17, 15) is 9.59 Å². The number of para-hydroxylation sites is 1. The van der Waals surface area contributed by atoms with E-state index in [2.05, 4.69) is 20.4 Å². The summed E-state index contributed by atoms with van der Waals surface area (Å²) in [5.74, 6) is -1.10. The Labute approximate surface area is 169 Å². The van der Waals surface area contributed by atoms with Crippen LogP contribution < -0.4 is 15.5 Å². The predicted octanol–water partition coefficient (Wildman–Crippen LogP) is 3.19. The van der Waals surface area contributed by atoms with E-state index in [-0.39, 0.29) is 0 Å². The highest BCUT2D eigenvalue weighted by Crippen LogP contribution is 2.19. The zero-order valence-electron chi connectivity index (χ0n) is 16.5. The van der Waals surface area contributed by atoms with Gasteiger partial charge in [-0.15, -0.1) is 0 Å². The van der Waals surface area contributed by atoms with Crippen LogP contribution in [0, 0.1) is 13.8 Å². The summed E-state index contributed by atoms with van der Waals surface area (Å²) in [5, 5.41) is 6.43. The van der Waals surface area contributed by atoms with E-state index in [0.717, 1.165) is 22.6 Å². The molecule has 0 saturated carbocycles. The van der Waals surface area contributed by atoms with Gasteiger partial charge < -0.3 is 14.6 Å². The number of nitrogens with one attached hydrogen (secondary N) is 2. The van der Waals surface area contributed by atoms with Gasteiger partial charge in [-0.2, -0.15) is 5.10 Å². The van der Waals surface area contributed by atoms with Crippen LogP contribution in [0.4, 0.5) is 5.69 Å². The average molecular weight is 390 g/mol. The van der Waals surface area contributed by atoms with Crippen molar-refractivity contribution < 1.29 is 14.3 Å². The molecule has 1 aromatic heterocycles. The van der Waals surface area contributed by atoms with E-state index in [1.807, 2.05) is 50.2 Å². The van der Waals surface area contributed by atoms with Crippen LogP contribution in [0.2, 0.25) is 0 Å². The average Bonchev–Trinajstić information content (AvgIpc) is 3.01. The molecule has 2 amide bonds. The summed E-state index contributed by atoms with van der Waals surface area (Å²) in [6, 6.07) is 18.7. The Hall–Kier alpha value is -3.87. The van der Waals surface area contributed by atoms with Gasteiger partial charge in [0.25, 0.3) is 0 Å². The van der Waals surface area contributed by atoms with Crippen molar-refractivity contribution in [2.75, 3.05) is 12.4 Å². The SMILES string of the molecule is COc1cccc(NC(=O)C(=O)NN=Cc2cc(C)n(-c3ccccc3)c2C)c1. The minimum absolute atomic E-state index is 0.458. The molecule has 0 aliphatic rings. The van der Waals surface area contributed by atoms with E-state index in [0.29, 0.717) is 11.4 Å². The molecule has 7 nitrogen and oxygen atoms in total. The molecule has 0 aliphatic carbocycles. The molecule has 0 bridgehead atoms. The lowest BCUT2D eigenvalue weighted by Gasteiger charge is -2.09. The van der Waals surface area contributed by atoms with Crippen LogP contribution in [-0.2, 0) is 9.59 Å². The van der Waals surface area contributed by atoms with Crippen LogP contribution in [-0.4, -0.2) is 29.7 Å². The number of hydrogen-bond acceptors (Lipinski definition) is 4. The van der Waals surface area contributed by atoms with Crippen LogP contribution in [0.15, 0.2) is 65.8 Å². The first-order valence-corrected chi connectivity index (χ1v) is 9.02. The molecule has 0 aliphatic heterocycles. The Morgan fingerprint density at radius 2 is 1.76 bits per heavy atom. The number of aryl methyl sites for hydroxylation is 1. The van der Waals surface area contributed by atoms with Crippen molar-refractivity contribution >= 4 is 23.7 Å². The molecule has 1 heterocycles. The highest BCUT2D eigenvalue weighted by Gasteiger charge is 2.14. The Balaban J connectivity index is 1.65. The van der Waals surface area contributed by atoms with Crippen LogP contribution in [0.25, 0.3) is 5.69 Å². The number of ether oxygens (including phenoxy) is 1. The van der Waals surface area contributed by atoms with E-state index >= 15 is 0 Å². The van der Waals surface area contributed by atoms with Crippen LogP contribution >= 0.6 is 0 Å². The normalized spacial score (nSPS) is 10.7. The molecule has 0 spiro atoms. The van der Waals surface area contributed by atoms with E-state index in [1.165, 1.54) is 13.3 Å². The fourth-order valence-electron chi connectivity index (χ4n) is 2.99. The number of anilines is 1. The molecule has 2 aromatic carbocycles. The van der Waals surface area contributed by atoms with Gasteiger partial charge in [0.2, 0.25) is 0 Å². The van der Waals surface area contributed by atoms with E-state index < -0.39 is 11.8 Å². The van der Waals surface area contributed by atoms with Gasteiger partial charge in [-0.3, -0.25) is 9.59 Å². The number of methoxy groups -OCH3 is 1. The molecule has 0 atom stereocenters. The number of carbonyl (C=O) groups excluding carboxylic acids is 2. The lowest BCUT2D eigenvalue weighted by Crippen LogP contribution is -2.32. The van der Waals surface area contributed by atoms with Crippen LogP contribution in [0.1, 0.15) is 17.0 Å². The molecular formula is C22H22N4O3. The van der Waals surface area contributed by atoms with Crippen molar-refractivity contribution in [2.45, 2.75) is 13.8 Å². The van der Waals surface area contributed by atoms with Crippen molar-refractivity contribution in [1.29, 1.82) is 0 Å². The second-order valence-corrected chi connectivity index (χ2v) is 6.38. The number of nitrogens with zero attached hydrogens (tertiary/aromatic N) is 2. The number of rotatable bonds is 5. The molecule has 0 unspecified atom stereocenters. The molecule has 7 heteroatoms. The first-order valence-electron chi connectivity index (χ1n) is 9.02. The summed E-state index contributed by atoms with van der Waals surface area (Å²) < 4.78 is 7.18. The number of benzene rings is 2. The van der Waals surface area contributed by atoms with Gasteiger partial charge in [-0.25, -0.2) is 5.43 Å².